The van der Waals surface area contributed by atoms with Gasteiger partial charge in [0.05, 0.1) is 5.52 Å². The highest BCUT2D eigenvalue weighted by Gasteiger charge is 2.17. The molecule has 1 heterocycles. The molecule has 0 radical (unpaired) electrons. The van der Waals surface area contributed by atoms with Crippen LogP contribution in [0.1, 0.15) is 0 Å². The summed E-state index contributed by atoms with van der Waals surface area (Å²) in [6.07, 6.45) is 0. The molecule has 1 aromatic carbocycles. The van der Waals surface area contributed by atoms with E-state index < -0.39 is 23.1 Å². The number of nitrogens with one attached hydrogen (secondary N) is 1. The van der Waals surface area contributed by atoms with E-state index in [1.165, 1.54) is 7.05 Å². The lowest BCUT2D eigenvalue weighted by Gasteiger charge is -1.98. The van der Waals surface area contributed by atoms with E-state index in [1.54, 1.807) is 0 Å². The molecule has 3 nitrogen and oxygen atoms in total. The summed E-state index contributed by atoms with van der Waals surface area (Å²) in [5, 5.41) is 0. The van der Waals surface area contributed by atoms with Gasteiger partial charge in [0.1, 0.15) is 5.52 Å². The number of aromatic nitrogens is 2. The fourth-order valence-corrected chi connectivity index (χ4v) is 1.31. The molecule has 14 heavy (non-hydrogen) atoms. The highest BCUT2D eigenvalue weighted by Crippen LogP contribution is 2.19. The summed E-state index contributed by atoms with van der Waals surface area (Å²) in [5.74, 6) is -4.26. The molecule has 0 atom stereocenters. The van der Waals surface area contributed by atoms with Crippen molar-refractivity contribution in [3.8, 4) is 0 Å². The Morgan fingerprint density at radius 1 is 1.29 bits per heavy atom. The van der Waals surface area contributed by atoms with Gasteiger partial charge in [-0.1, -0.05) is 0 Å². The fourth-order valence-electron chi connectivity index (χ4n) is 1.31. The van der Waals surface area contributed by atoms with Gasteiger partial charge in [0.15, 0.2) is 17.5 Å². The summed E-state index contributed by atoms with van der Waals surface area (Å²) >= 11 is 0. The first-order valence-corrected chi connectivity index (χ1v) is 3.74. The van der Waals surface area contributed by atoms with Crippen molar-refractivity contribution in [2.24, 2.45) is 7.05 Å². The minimum Gasteiger partial charge on any atom is -0.305 e. The summed E-state index contributed by atoms with van der Waals surface area (Å²) in [6, 6.07) is 0.745. The van der Waals surface area contributed by atoms with Gasteiger partial charge >= 0.3 is 5.69 Å². The number of rotatable bonds is 0. The van der Waals surface area contributed by atoms with Crippen LogP contribution in [-0.2, 0) is 7.05 Å². The molecule has 0 aliphatic rings. The van der Waals surface area contributed by atoms with Crippen LogP contribution < -0.4 is 5.69 Å². The molecule has 0 amide bonds. The van der Waals surface area contributed by atoms with E-state index in [0.29, 0.717) is 0 Å². The molecule has 0 aliphatic carbocycles. The molecule has 1 aromatic heterocycles. The molecule has 0 aliphatic heterocycles. The van der Waals surface area contributed by atoms with Gasteiger partial charge in [-0.2, -0.15) is 0 Å². The Bertz CT molecular complexity index is 570. The number of aryl methyl sites for hydroxylation is 1. The van der Waals surface area contributed by atoms with Gasteiger partial charge in [0.25, 0.3) is 0 Å². The Kier molecular flexibility index (Phi) is 1.67. The molecule has 0 unspecified atom stereocenters. The highest BCUT2D eigenvalue weighted by atomic mass is 19.2. The summed E-state index contributed by atoms with van der Waals surface area (Å²) in [5.41, 5.74) is -0.952. The van der Waals surface area contributed by atoms with Crippen molar-refractivity contribution in [1.29, 1.82) is 0 Å². The van der Waals surface area contributed by atoms with Crippen LogP contribution in [0.3, 0.4) is 0 Å². The quantitative estimate of drug-likeness (QED) is 0.642. The number of hydrogen-bond donors (Lipinski definition) is 1. The zero-order valence-electron chi connectivity index (χ0n) is 7.07. The maximum absolute atomic E-state index is 13.1. The van der Waals surface area contributed by atoms with E-state index in [4.69, 9.17) is 0 Å². The molecule has 6 heteroatoms. The Hall–Kier alpha value is -1.72. The molecule has 1 N–H and O–H groups in total. The average molecular weight is 202 g/mol. The third-order valence-corrected chi connectivity index (χ3v) is 2.02. The summed E-state index contributed by atoms with van der Waals surface area (Å²) in [4.78, 5) is 13.2. The molecular weight excluding hydrogens is 197 g/mol. The molecule has 74 valence electrons. The van der Waals surface area contributed by atoms with Crippen molar-refractivity contribution in [2.45, 2.75) is 0 Å². The van der Waals surface area contributed by atoms with Gasteiger partial charge in [-0.25, -0.2) is 18.0 Å². The van der Waals surface area contributed by atoms with Crippen LogP contribution in [-0.4, -0.2) is 9.55 Å². The normalized spacial score (nSPS) is 11.1. The van der Waals surface area contributed by atoms with Gasteiger partial charge in [0, 0.05) is 13.1 Å². The molecule has 2 aromatic rings. The maximum atomic E-state index is 13.1. The summed E-state index contributed by atoms with van der Waals surface area (Å²) in [6.45, 7) is 0. The first kappa shape index (κ1) is 8.86. The molecule has 0 fully saturated rings. The van der Waals surface area contributed by atoms with Crippen molar-refractivity contribution in [2.75, 3.05) is 0 Å². The van der Waals surface area contributed by atoms with Crippen molar-refractivity contribution >= 4 is 11.0 Å². The van der Waals surface area contributed by atoms with E-state index in [9.17, 15) is 18.0 Å². The number of aromatic amines is 1. The zero-order valence-corrected chi connectivity index (χ0v) is 7.07. The number of H-pyrrole nitrogens is 1. The van der Waals surface area contributed by atoms with Crippen LogP contribution in [0.15, 0.2) is 10.9 Å². The first-order chi connectivity index (χ1) is 6.52. The predicted molar refractivity (Wildman–Crippen MR) is 43.4 cm³/mol. The zero-order chi connectivity index (χ0) is 10.5. The van der Waals surface area contributed by atoms with Crippen molar-refractivity contribution in [1.82, 2.24) is 9.55 Å². The molecule has 2 rings (SSSR count). The highest BCUT2D eigenvalue weighted by molar-refractivity contribution is 5.76. The second-order valence-corrected chi connectivity index (χ2v) is 2.87. The Balaban J connectivity index is 3.06. The van der Waals surface area contributed by atoms with E-state index >= 15 is 0 Å². The third kappa shape index (κ3) is 0.966. The van der Waals surface area contributed by atoms with Crippen molar-refractivity contribution in [3.63, 3.8) is 0 Å². The Labute approximate surface area is 75.8 Å². The maximum Gasteiger partial charge on any atom is 0.326 e. The summed E-state index contributed by atoms with van der Waals surface area (Å²) < 4.78 is 39.5. The van der Waals surface area contributed by atoms with Crippen molar-refractivity contribution < 1.29 is 13.2 Å². The van der Waals surface area contributed by atoms with E-state index in [-0.39, 0.29) is 11.0 Å². The van der Waals surface area contributed by atoms with Gasteiger partial charge in [-0.15, -0.1) is 0 Å². The smallest absolute Gasteiger partial charge is 0.305 e. The number of halogens is 3. The molecule has 0 saturated heterocycles. The molecule has 0 spiro atoms. The third-order valence-electron chi connectivity index (χ3n) is 2.02. The van der Waals surface area contributed by atoms with E-state index in [0.717, 1.165) is 10.6 Å². The van der Waals surface area contributed by atoms with Gasteiger partial charge in [-0.05, 0) is 0 Å². The molecular formula is C8H5F3N2O. The number of fused-ring (bicyclic) bond motifs is 1. The fraction of sp³-hybridized carbons (Fsp3) is 0.125. The monoisotopic (exact) mass is 202 g/mol. The second kappa shape index (κ2) is 2.63. The Morgan fingerprint density at radius 3 is 2.57 bits per heavy atom. The molecule has 0 bridgehead atoms. The predicted octanol–water partition coefficient (Wildman–Crippen LogP) is 1.28. The van der Waals surface area contributed by atoms with Gasteiger partial charge in [-0.3, -0.25) is 4.57 Å². The first-order valence-electron chi connectivity index (χ1n) is 3.74. The molecule has 0 saturated carbocycles. The van der Waals surface area contributed by atoms with Crippen LogP contribution in [0.5, 0.6) is 0 Å². The van der Waals surface area contributed by atoms with E-state index in [2.05, 4.69) is 4.98 Å². The topological polar surface area (TPSA) is 37.8 Å². The minimum absolute atomic E-state index is 0.0612. The van der Waals surface area contributed by atoms with Crippen molar-refractivity contribution in [3.05, 3.63) is 34.0 Å². The average Bonchev–Trinajstić information content (AvgIpc) is 2.39. The minimum atomic E-state index is -1.58. The lowest BCUT2D eigenvalue weighted by molar-refractivity contribution is 0.451. The van der Waals surface area contributed by atoms with Crippen LogP contribution in [0.4, 0.5) is 13.2 Å². The second-order valence-electron chi connectivity index (χ2n) is 2.87. The van der Waals surface area contributed by atoms with Crippen LogP contribution in [0.25, 0.3) is 11.0 Å². The van der Waals surface area contributed by atoms with E-state index in [1.807, 2.05) is 0 Å². The standard InChI is InChI=1S/C8H5F3N2O/c1-13-7-4(12-8(13)14)2-3(9)5(10)6(7)11/h2H,1H3,(H,12,14). The number of imidazole rings is 1. The number of benzene rings is 1. The SMILES string of the molecule is Cn1c(=O)[nH]c2cc(F)c(F)c(F)c21. The lowest BCUT2D eigenvalue weighted by Crippen LogP contribution is -2.12. The summed E-state index contributed by atoms with van der Waals surface area (Å²) in [7, 11) is 1.27. The van der Waals surface area contributed by atoms with Crippen LogP contribution in [0.2, 0.25) is 0 Å². The van der Waals surface area contributed by atoms with Crippen LogP contribution >= 0.6 is 0 Å². The Morgan fingerprint density at radius 2 is 1.93 bits per heavy atom. The van der Waals surface area contributed by atoms with Gasteiger partial charge < -0.3 is 4.98 Å². The van der Waals surface area contributed by atoms with Gasteiger partial charge in [0.2, 0.25) is 0 Å². The van der Waals surface area contributed by atoms with Crippen LogP contribution in [0, 0.1) is 17.5 Å². The lowest BCUT2D eigenvalue weighted by atomic mass is 10.3. The largest absolute Gasteiger partial charge is 0.326 e. The number of hydrogen-bond acceptors (Lipinski definition) is 1. The number of nitrogens with zero attached hydrogens (tertiary/aromatic N) is 1.